The second-order valence-electron chi connectivity index (χ2n) is 7.46. The van der Waals surface area contributed by atoms with Crippen molar-refractivity contribution in [2.24, 2.45) is 5.92 Å². The summed E-state index contributed by atoms with van der Waals surface area (Å²) in [5, 5.41) is 0. The van der Waals surface area contributed by atoms with Crippen LogP contribution in [-0.4, -0.2) is 67.1 Å². The lowest BCUT2D eigenvalue weighted by Gasteiger charge is -2.36. The first-order valence-corrected chi connectivity index (χ1v) is 11.3. The molecule has 0 aliphatic carbocycles. The fourth-order valence-electron chi connectivity index (χ4n) is 3.68. The molecule has 0 atom stereocenters. The second-order valence-corrected chi connectivity index (χ2v) is 9.44. The summed E-state index contributed by atoms with van der Waals surface area (Å²) < 4.78 is 67.9. The van der Waals surface area contributed by atoms with Gasteiger partial charge in [0, 0.05) is 57.2 Å². The van der Waals surface area contributed by atoms with Crippen molar-refractivity contribution in [3.63, 3.8) is 0 Å². The molecule has 0 radical (unpaired) electrons. The standard InChI is InChI=1S/C18H24F3N3O4S/c1-29(26,27)24-10-4-13(5-11-24)17(25)23-8-6-15(7-9-23)28-16-3-2-14(12-22-16)18(19,20)21/h2-3,12-13,15H,4-11H2,1H3. The molecule has 2 aliphatic rings. The maximum Gasteiger partial charge on any atom is 0.417 e. The third kappa shape index (κ3) is 5.59. The van der Waals surface area contributed by atoms with Crippen LogP contribution in [0.2, 0.25) is 0 Å². The number of rotatable bonds is 4. The first kappa shape index (κ1) is 21.8. The van der Waals surface area contributed by atoms with Gasteiger partial charge in [0.2, 0.25) is 21.8 Å². The number of likely N-dealkylation sites (tertiary alicyclic amines) is 1. The lowest BCUT2D eigenvalue weighted by molar-refractivity contribution is -0.138. The van der Waals surface area contributed by atoms with Gasteiger partial charge in [-0.15, -0.1) is 0 Å². The molecule has 7 nitrogen and oxygen atoms in total. The topological polar surface area (TPSA) is 79.8 Å². The van der Waals surface area contributed by atoms with Gasteiger partial charge < -0.3 is 9.64 Å². The van der Waals surface area contributed by atoms with Crippen LogP contribution in [0.4, 0.5) is 13.2 Å². The second kappa shape index (κ2) is 8.47. The van der Waals surface area contributed by atoms with Gasteiger partial charge in [0.25, 0.3) is 0 Å². The summed E-state index contributed by atoms with van der Waals surface area (Å²) in [5.74, 6) is -0.0118. The van der Waals surface area contributed by atoms with Gasteiger partial charge in [0.15, 0.2) is 0 Å². The van der Waals surface area contributed by atoms with Crippen LogP contribution in [-0.2, 0) is 21.0 Å². The Morgan fingerprint density at radius 3 is 2.21 bits per heavy atom. The molecular weight excluding hydrogens is 411 g/mol. The summed E-state index contributed by atoms with van der Waals surface area (Å²) >= 11 is 0. The number of aromatic nitrogens is 1. The predicted octanol–water partition coefficient (Wildman–Crippen LogP) is 2.14. The molecule has 2 saturated heterocycles. The number of halogens is 3. The normalized spacial score (nSPS) is 20.6. The van der Waals surface area contributed by atoms with Crippen molar-refractivity contribution in [2.45, 2.75) is 38.0 Å². The van der Waals surface area contributed by atoms with Crippen LogP contribution in [0, 0.1) is 5.92 Å². The molecule has 1 aromatic rings. The first-order chi connectivity index (χ1) is 13.5. The number of amides is 1. The molecule has 0 spiro atoms. The molecule has 0 N–H and O–H groups in total. The molecule has 1 aromatic heterocycles. The Morgan fingerprint density at radius 1 is 1.10 bits per heavy atom. The van der Waals surface area contributed by atoms with Crippen molar-refractivity contribution in [2.75, 3.05) is 32.4 Å². The number of nitrogens with zero attached hydrogens (tertiary/aromatic N) is 3. The predicted molar refractivity (Wildman–Crippen MR) is 98.6 cm³/mol. The summed E-state index contributed by atoms with van der Waals surface area (Å²) in [6.45, 7) is 1.70. The summed E-state index contributed by atoms with van der Waals surface area (Å²) in [5.41, 5.74) is -0.827. The third-order valence-electron chi connectivity index (χ3n) is 5.38. The van der Waals surface area contributed by atoms with Crippen LogP contribution in [0.5, 0.6) is 5.88 Å². The number of hydrogen-bond donors (Lipinski definition) is 0. The highest BCUT2D eigenvalue weighted by Gasteiger charge is 2.34. The van der Waals surface area contributed by atoms with Gasteiger partial charge >= 0.3 is 6.18 Å². The average Bonchev–Trinajstić information content (AvgIpc) is 2.67. The Bertz CT molecular complexity index is 814. The number of alkyl halides is 3. The highest BCUT2D eigenvalue weighted by Crippen LogP contribution is 2.30. The van der Waals surface area contributed by atoms with Crippen LogP contribution in [0.3, 0.4) is 0 Å². The van der Waals surface area contributed by atoms with Crippen molar-refractivity contribution in [3.05, 3.63) is 23.9 Å². The molecule has 3 heterocycles. The Balaban J connectivity index is 1.46. The number of carbonyl (C=O) groups is 1. The van der Waals surface area contributed by atoms with Crippen molar-refractivity contribution in [1.82, 2.24) is 14.2 Å². The van der Waals surface area contributed by atoms with Gasteiger partial charge in [-0.25, -0.2) is 17.7 Å². The van der Waals surface area contributed by atoms with Gasteiger partial charge in [0.05, 0.1) is 11.8 Å². The average molecular weight is 435 g/mol. The van der Waals surface area contributed by atoms with Gasteiger partial charge in [-0.05, 0) is 18.9 Å². The number of ether oxygens (including phenoxy) is 1. The zero-order chi connectivity index (χ0) is 21.2. The number of pyridine rings is 1. The zero-order valence-corrected chi connectivity index (χ0v) is 16.9. The van der Waals surface area contributed by atoms with E-state index in [0.29, 0.717) is 51.9 Å². The molecule has 11 heteroatoms. The summed E-state index contributed by atoms with van der Waals surface area (Å²) in [4.78, 5) is 18.2. The molecule has 0 aromatic carbocycles. The molecule has 3 rings (SSSR count). The lowest BCUT2D eigenvalue weighted by Crippen LogP contribution is -2.47. The van der Waals surface area contributed by atoms with E-state index in [1.54, 1.807) is 4.90 Å². The Hall–Kier alpha value is -1.88. The Morgan fingerprint density at radius 2 is 1.72 bits per heavy atom. The molecule has 0 saturated carbocycles. The fraction of sp³-hybridized carbons (Fsp3) is 0.667. The summed E-state index contributed by atoms with van der Waals surface area (Å²) in [6, 6.07) is 2.14. The Labute approximate surface area is 167 Å². The molecule has 0 bridgehead atoms. The van der Waals surface area contributed by atoms with Crippen LogP contribution < -0.4 is 4.74 Å². The smallest absolute Gasteiger partial charge is 0.417 e. The monoisotopic (exact) mass is 435 g/mol. The van der Waals surface area contributed by atoms with Gasteiger partial charge in [0.1, 0.15) is 6.10 Å². The van der Waals surface area contributed by atoms with Crippen molar-refractivity contribution >= 4 is 15.9 Å². The van der Waals surface area contributed by atoms with E-state index in [0.717, 1.165) is 12.3 Å². The molecular formula is C18H24F3N3O4S. The van der Waals surface area contributed by atoms with Crippen molar-refractivity contribution < 1.29 is 31.1 Å². The van der Waals surface area contributed by atoms with Crippen molar-refractivity contribution in [1.29, 1.82) is 0 Å². The van der Waals surface area contributed by atoms with Crippen LogP contribution in [0.1, 0.15) is 31.2 Å². The van der Waals surface area contributed by atoms with E-state index in [-0.39, 0.29) is 23.8 Å². The molecule has 0 unspecified atom stereocenters. The Kier molecular flexibility index (Phi) is 6.37. The lowest BCUT2D eigenvalue weighted by atomic mass is 9.95. The summed E-state index contributed by atoms with van der Waals surface area (Å²) in [7, 11) is -3.22. The van der Waals surface area contributed by atoms with E-state index in [1.165, 1.54) is 16.6 Å². The van der Waals surface area contributed by atoms with Gasteiger partial charge in [-0.2, -0.15) is 13.2 Å². The number of piperidine rings is 2. The minimum Gasteiger partial charge on any atom is -0.474 e. The van der Waals surface area contributed by atoms with E-state index in [9.17, 15) is 26.4 Å². The number of sulfonamides is 1. The molecule has 29 heavy (non-hydrogen) atoms. The first-order valence-electron chi connectivity index (χ1n) is 9.48. The van der Waals surface area contributed by atoms with E-state index >= 15 is 0 Å². The van der Waals surface area contributed by atoms with Gasteiger partial charge in [-0.1, -0.05) is 0 Å². The minimum absolute atomic E-state index is 0.0317. The van der Waals surface area contributed by atoms with E-state index < -0.39 is 21.8 Å². The van der Waals surface area contributed by atoms with E-state index in [2.05, 4.69) is 4.98 Å². The molecule has 2 aliphatic heterocycles. The third-order valence-corrected chi connectivity index (χ3v) is 6.68. The number of hydrogen-bond acceptors (Lipinski definition) is 5. The molecule has 162 valence electrons. The molecule has 1 amide bonds. The van der Waals surface area contributed by atoms with Crippen molar-refractivity contribution in [3.8, 4) is 5.88 Å². The minimum atomic E-state index is -4.44. The molecule has 2 fully saturated rings. The SMILES string of the molecule is CS(=O)(=O)N1CCC(C(=O)N2CCC(Oc3ccc(C(F)(F)F)cn3)CC2)CC1. The highest BCUT2D eigenvalue weighted by atomic mass is 32.2. The quantitative estimate of drug-likeness (QED) is 0.724. The van der Waals surface area contributed by atoms with E-state index in [4.69, 9.17) is 4.74 Å². The zero-order valence-electron chi connectivity index (χ0n) is 16.1. The maximum atomic E-state index is 12.7. The van der Waals surface area contributed by atoms with Crippen LogP contribution in [0.25, 0.3) is 0 Å². The summed E-state index contributed by atoms with van der Waals surface area (Å²) in [6.07, 6.45) is -0.574. The maximum absolute atomic E-state index is 12.7. The van der Waals surface area contributed by atoms with E-state index in [1.807, 2.05) is 0 Å². The fourth-order valence-corrected chi connectivity index (χ4v) is 4.55. The highest BCUT2D eigenvalue weighted by molar-refractivity contribution is 7.88. The van der Waals surface area contributed by atoms with Gasteiger partial charge in [-0.3, -0.25) is 4.79 Å². The number of carbonyl (C=O) groups excluding carboxylic acids is 1. The van der Waals surface area contributed by atoms with Crippen LogP contribution >= 0.6 is 0 Å². The largest absolute Gasteiger partial charge is 0.474 e. The van der Waals surface area contributed by atoms with Crippen LogP contribution in [0.15, 0.2) is 18.3 Å².